The number of aromatic amines is 1. The zero-order valence-electron chi connectivity index (χ0n) is 20.3. The van der Waals surface area contributed by atoms with Crippen molar-refractivity contribution in [3.63, 3.8) is 0 Å². The summed E-state index contributed by atoms with van der Waals surface area (Å²) in [6, 6.07) is 18.0. The third-order valence-electron chi connectivity index (χ3n) is 6.83. The van der Waals surface area contributed by atoms with E-state index in [-0.39, 0.29) is 17.6 Å². The Kier molecular flexibility index (Phi) is 6.05. The molecule has 1 N–H and O–H groups in total. The molecule has 0 bridgehead atoms. The van der Waals surface area contributed by atoms with E-state index in [1.807, 2.05) is 36.4 Å². The van der Waals surface area contributed by atoms with Gasteiger partial charge in [-0.25, -0.2) is 13.4 Å². The number of methoxy groups -OCH3 is 1. The number of benzene rings is 2. The van der Waals surface area contributed by atoms with Crippen molar-refractivity contribution in [2.45, 2.75) is 23.7 Å². The third-order valence-corrected chi connectivity index (χ3v) is 8.74. The van der Waals surface area contributed by atoms with E-state index < -0.39 is 10.0 Å². The van der Waals surface area contributed by atoms with Crippen molar-refractivity contribution in [2.75, 3.05) is 27.0 Å². The fourth-order valence-corrected chi connectivity index (χ4v) is 6.27. The average Bonchev–Trinajstić information content (AvgIpc) is 3.61. The summed E-state index contributed by atoms with van der Waals surface area (Å²) in [5.41, 5.74) is 3.28. The van der Waals surface area contributed by atoms with Gasteiger partial charge in [0.25, 0.3) is 0 Å². The van der Waals surface area contributed by atoms with Gasteiger partial charge in [0.2, 0.25) is 16.8 Å². The lowest BCUT2D eigenvalue weighted by Gasteiger charge is -2.30. The van der Waals surface area contributed by atoms with Gasteiger partial charge in [-0.1, -0.05) is 6.07 Å². The average molecular weight is 519 g/mol. The van der Waals surface area contributed by atoms with Crippen molar-refractivity contribution in [1.29, 1.82) is 0 Å². The van der Waals surface area contributed by atoms with Crippen LogP contribution in [0.15, 0.2) is 71.8 Å². The van der Waals surface area contributed by atoms with E-state index in [0.29, 0.717) is 43.2 Å². The molecule has 2 aromatic carbocycles. The van der Waals surface area contributed by atoms with E-state index in [1.54, 1.807) is 41.9 Å². The van der Waals surface area contributed by atoms with Crippen molar-refractivity contribution < 1.29 is 22.6 Å². The Morgan fingerprint density at radius 3 is 2.51 bits per heavy atom. The number of imidazole rings is 1. The smallest absolute Gasteiger partial charge is 0.243 e. The van der Waals surface area contributed by atoms with Crippen LogP contribution in [0.5, 0.6) is 17.2 Å². The maximum absolute atomic E-state index is 13.2. The molecule has 1 saturated heterocycles. The second-order valence-electron chi connectivity index (χ2n) is 8.98. The normalized spacial score (nSPS) is 16.1. The third kappa shape index (κ3) is 4.42. The first-order chi connectivity index (χ1) is 18.0. The van der Waals surface area contributed by atoms with Crippen LogP contribution in [0.4, 0.5) is 0 Å². The zero-order chi connectivity index (χ0) is 25.4. The molecule has 2 aliphatic heterocycles. The highest BCUT2D eigenvalue weighted by Gasteiger charge is 2.32. The molecule has 4 aromatic rings. The van der Waals surface area contributed by atoms with Crippen molar-refractivity contribution in [2.24, 2.45) is 0 Å². The van der Waals surface area contributed by atoms with E-state index in [0.717, 1.165) is 28.5 Å². The van der Waals surface area contributed by atoms with Crippen molar-refractivity contribution in [3.8, 4) is 39.9 Å². The summed E-state index contributed by atoms with van der Waals surface area (Å²) in [7, 11) is -2.02. The van der Waals surface area contributed by atoms with Gasteiger partial charge in [-0.05, 0) is 67.4 Å². The molecule has 6 rings (SSSR count). The summed E-state index contributed by atoms with van der Waals surface area (Å²) < 4.78 is 44.1. The monoisotopic (exact) mass is 518 g/mol. The molecule has 4 heterocycles. The first-order valence-corrected chi connectivity index (χ1v) is 13.5. The number of hydrogen-bond acceptors (Lipinski definition) is 7. The molecule has 0 unspecified atom stereocenters. The molecule has 37 heavy (non-hydrogen) atoms. The predicted octanol–water partition coefficient (Wildman–Crippen LogP) is 4.44. The Labute approximate surface area is 215 Å². The maximum atomic E-state index is 13.2. The molecular formula is C27H26N4O5S. The van der Waals surface area contributed by atoms with E-state index in [2.05, 4.69) is 9.97 Å². The standard InChI is InChI=1S/C27H26N4O5S/c1-34-20-6-8-21(9-7-20)37(32,33)31-14-11-18(12-15-31)27-29-25(26(30-27)22-4-2-3-13-28-22)19-5-10-23-24(16-19)36-17-35-23/h2-10,13,16,18H,11-12,14-15,17H2,1H3,(H,29,30). The molecular weight excluding hydrogens is 492 g/mol. The lowest BCUT2D eigenvalue weighted by atomic mass is 9.97. The highest BCUT2D eigenvalue weighted by atomic mass is 32.2. The minimum absolute atomic E-state index is 0.0903. The first-order valence-electron chi connectivity index (χ1n) is 12.1. The number of H-pyrrole nitrogens is 1. The molecule has 0 radical (unpaired) electrons. The van der Waals surface area contributed by atoms with Crippen molar-refractivity contribution >= 4 is 10.0 Å². The summed E-state index contributed by atoms with van der Waals surface area (Å²) >= 11 is 0. The number of ether oxygens (including phenoxy) is 3. The van der Waals surface area contributed by atoms with E-state index in [1.165, 1.54) is 0 Å². The Morgan fingerprint density at radius 1 is 1.00 bits per heavy atom. The molecule has 190 valence electrons. The van der Waals surface area contributed by atoms with Crippen LogP contribution in [0.1, 0.15) is 24.6 Å². The van der Waals surface area contributed by atoms with Crippen LogP contribution in [-0.2, 0) is 10.0 Å². The summed E-state index contributed by atoms with van der Waals surface area (Å²) in [6.07, 6.45) is 3.07. The lowest BCUT2D eigenvalue weighted by molar-refractivity contribution is 0.174. The largest absolute Gasteiger partial charge is 0.497 e. The van der Waals surface area contributed by atoms with Gasteiger partial charge in [0.05, 0.1) is 29.1 Å². The van der Waals surface area contributed by atoms with Gasteiger partial charge in [-0.3, -0.25) is 4.98 Å². The number of piperidine rings is 1. The quantitative estimate of drug-likeness (QED) is 0.402. The summed E-state index contributed by atoms with van der Waals surface area (Å²) in [4.78, 5) is 13.3. The van der Waals surface area contributed by atoms with E-state index >= 15 is 0 Å². The summed E-state index contributed by atoms with van der Waals surface area (Å²) in [6.45, 7) is 1.03. The lowest BCUT2D eigenvalue weighted by Crippen LogP contribution is -2.38. The topological polar surface area (TPSA) is 107 Å². The maximum Gasteiger partial charge on any atom is 0.243 e. The van der Waals surface area contributed by atoms with E-state index in [4.69, 9.17) is 19.2 Å². The van der Waals surface area contributed by atoms with Crippen LogP contribution in [0.25, 0.3) is 22.6 Å². The number of pyridine rings is 1. The van der Waals surface area contributed by atoms with Gasteiger partial charge in [0.15, 0.2) is 11.5 Å². The SMILES string of the molecule is COc1ccc(S(=O)(=O)N2CCC(c3nc(-c4ccc5c(c4)OCO5)c(-c4ccccn4)[nH]3)CC2)cc1. The number of fused-ring (bicyclic) bond motifs is 1. The molecule has 2 aromatic heterocycles. The minimum atomic E-state index is -3.58. The zero-order valence-corrected chi connectivity index (χ0v) is 21.1. The molecule has 9 nitrogen and oxygen atoms in total. The van der Waals surface area contributed by atoms with Crippen LogP contribution in [0, 0.1) is 0 Å². The van der Waals surface area contributed by atoms with Gasteiger partial charge in [-0.15, -0.1) is 0 Å². The Hall–Kier alpha value is -3.89. The number of sulfonamides is 1. The fraction of sp³-hybridized carbons (Fsp3) is 0.259. The molecule has 0 aliphatic carbocycles. The van der Waals surface area contributed by atoms with Crippen LogP contribution in [0.3, 0.4) is 0 Å². The second kappa shape index (κ2) is 9.53. The minimum Gasteiger partial charge on any atom is -0.497 e. The van der Waals surface area contributed by atoms with Gasteiger partial charge in [-0.2, -0.15) is 4.31 Å². The van der Waals surface area contributed by atoms with Crippen molar-refractivity contribution in [3.05, 3.63) is 72.7 Å². The van der Waals surface area contributed by atoms with Crippen LogP contribution in [0.2, 0.25) is 0 Å². The molecule has 0 spiro atoms. The molecule has 0 saturated carbocycles. The van der Waals surface area contributed by atoms with Gasteiger partial charge in [0, 0.05) is 30.8 Å². The first kappa shape index (κ1) is 23.5. The fourth-order valence-electron chi connectivity index (χ4n) is 4.80. The number of nitrogens with zero attached hydrogens (tertiary/aromatic N) is 3. The Balaban J connectivity index is 1.26. The van der Waals surface area contributed by atoms with Crippen LogP contribution >= 0.6 is 0 Å². The number of nitrogens with one attached hydrogen (secondary N) is 1. The number of hydrogen-bond donors (Lipinski definition) is 1. The number of rotatable bonds is 6. The summed E-state index contributed by atoms with van der Waals surface area (Å²) in [5, 5.41) is 0. The van der Waals surface area contributed by atoms with Crippen LogP contribution < -0.4 is 14.2 Å². The molecule has 0 atom stereocenters. The van der Waals surface area contributed by atoms with E-state index in [9.17, 15) is 8.42 Å². The predicted molar refractivity (Wildman–Crippen MR) is 137 cm³/mol. The van der Waals surface area contributed by atoms with Gasteiger partial charge < -0.3 is 19.2 Å². The molecule has 0 amide bonds. The second-order valence-corrected chi connectivity index (χ2v) is 10.9. The molecule has 10 heteroatoms. The highest BCUT2D eigenvalue weighted by Crippen LogP contribution is 2.39. The van der Waals surface area contributed by atoms with Gasteiger partial charge in [0.1, 0.15) is 11.6 Å². The highest BCUT2D eigenvalue weighted by molar-refractivity contribution is 7.89. The number of aromatic nitrogens is 3. The van der Waals surface area contributed by atoms with Crippen molar-refractivity contribution in [1.82, 2.24) is 19.3 Å². The van der Waals surface area contributed by atoms with Crippen LogP contribution in [-0.4, -0.2) is 54.7 Å². The summed E-state index contributed by atoms with van der Waals surface area (Å²) in [5.74, 6) is 2.94. The Bertz CT molecular complexity index is 1510. The van der Waals surface area contributed by atoms with Gasteiger partial charge >= 0.3 is 0 Å². The Morgan fingerprint density at radius 2 is 1.78 bits per heavy atom. The molecule has 1 fully saturated rings. The molecule has 2 aliphatic rings.